The number of thioether (sulfide) groups is 1. The van der Waals surface area contributed by atoms with Crippen molar-refractivity contribution in [3.8, 4) is 11.5 Å². The Morgan fingerprint density at radius 3 is 2.65 bits per heavy atom. The van der Waals surface area contributed by atoms with E-state index in [9.17, 15) is 14.4 Å². The SMILES string of the molecule is O=C(CCc1ccc2c(c1)OCCO2)NCCN1C(=O)SC(=Cc2ccccc2)C1=O. The van der Waals surface area contributed by atoms with Gasteiger partial charge < -0.3 is 14.8 Å². The van der Waals surface area contributed by atoms with Crippen LogP contribution >= 0.6 is 11.8 Å². The molecule has 1 saturated heterocycles. The van der Waals surface area contributed by atoms with Gasteiger partial charge in [0.25, 0.3) is 11.1 Å². The molecule has 2 aliphatic heterocycles. The van der Waals surface area contributed by atoms with Crippen LogP contribution in [-0.2, 0) is 16.0 Å². The number of nitrogens with zero attached hydrogens (tertiary/aromatic N) is 1. The zero-order chi connectivity index (χ0) is 21.6. The lowest BCUT2D eigenvalue weighted by molar-refractivity contribution is -0.124. The van der Waals surface area contributed by atoms with Crippen LogP contribution in [-0.4, -0.2) is 48.3 Å². The van der Waals surface area contributed by atoms with E-state index in [1.165, 1.54) is 4.90 Å². The predicted molar refractivity (Wildman–Crippen MR) is 118 cm³/mol. The summed E-state index contributed by atoms with van der Waals surface area (Å²) in [4.78, 5) is 38.4. The molecule has 0 radical (unpaired) electrons. The van der Waals surface area contributed by atoms with Crippen molar-refractivity contribution >= 4 is 34.9 Å². The Bertz CT molecular complexity index is 1020. The van der Waals surface area contributed by atoms with Gasteiger partial charge in [0.1, 0.15) is 13.2 Å². The molecule has 2 heterocycles. The van der Waals surface area contributed by atoms with Gasteiger partial charge in [0.05, 0.1) is 4.91 Å². The normalized spacial score (nSPS) is 16.6. The number of carbonyl (C=O) groups is 3. The minimum absolute atomic E-state index is 0.137. The van der Waals surface area contributed by atoms with Crippen molar-refractivity contribution in [1.29, 1.82) is 0 Å². The summed E-state index contributed by atoms with van der Waals surface area (Å²) in [7, 11) is 0. The van der Waals surface area contributed by atoms with Gasteiger partial charge in [-0.25, -0.2) is 0 Å². The number of hydrogen-bond acceptors (Lipinski definition) is 6. The highest BCUT2D eigenvalue weighted by atomic mass is 32.2. The Morgan fingerprint density at radius 2 is 1.84 bits per heavy atom. The molecule has 0 atom stereocenters. The van der Waals surface area contributed by atoms with Gasteiger partial charge >= 0.3 is 0 Å². The van der Waals surface area contributed by atoms with Gasteiger partial charge in [-0.3, -0.25) is 19.3 Å². The third-order valence-electron chi connectivity index (χ3n) is 4.88. The first-order valence-corrected chi connectivity index (χ1v) is 10.9. The maximum atomic E-state index is 12.5. The lowest BCUT2D eigenvalue weighted by atomic mass is 10.1. The van der Waals surface area contributed by atoms with Gasteiger partial charge in [0.15, 0.2) is 11.5 Å². The highest BCUT2D eigenvalue weighted by molar-refractivity contribution is 8.18. The Morgan fingerprint density at radius 1 is 1.06 bits per heavy atom. The quantitative estimate of drug-likeness (QED) is 0.668. The molecule has 3 amide bonds. The molecule has 1 fully saturated rings. The van der Waals surface area contributed by atoms with E-state index in [-0.39, 0.29) is 30.1 Å². The predicted octanol–water partition coefficient (Wildman–Crippen LogP) is 3.24. The number of benzene rings is 2. The van der Waals surface area contributed by atoms with Crippen LogP contribution < -0.4 is 14.8 Å². The number of hydrogen-bond donors (Lipinski definition) is 1. The number of imide groups is 1. The summed E-state index contributed by atoms with van der Waals surface area (Å²) in [5.41, 5.74) is 1.84. The van der Waals surface area contributed by atoms with Crippen molar-refractivity contribution in [2.45, 2.75) is 12.8 Å². The van der Waals surface area contributed by atoms with Crippen molar-refractivity contribution in [1.82, 2.24) is 10.2 Å². The van der Waals surface area contributed by atoms with Crippen molar-refractivity contribution in [2.75, 3.05) is 26.3 Å². The second-order valence-corrected chi connectivity index (χ2v) is 8.07. The van der Waals surface area contributed by atoms with Crippen LogP contribution in [0.5, 0.6) is 11.5 Å². The highest BCUT2D eigenvalue weighted by Crippen LogP contribution is 2.32. The molecule has 0 aromatic heterocycles. The topological polar surface area (TPSA) is 84.9 Å². The molecule has 0 unspecified atom stereocenters. The third kappa shape index (κ3) is 5.27. The minimum atomic E-state index is -0.329. The fraction of sp³-hybridized carbons (Fsp3) is 0.261. The van der Waals surface area contributed by atoms with Crippen LogP contribution in [0.3, 0.4) is 0 Å². The number of fused-ring (bicyclic) bond motifs is 1. The lowest BCUT2D eigenvalue weighted by Crippen LogP contribution is -2.37. The van der Waals surface area contributed by atoms with E-state index in [2.05, 4.69) is 5.32 Å². The van der Waals surface area contributed by atoms with Gasteiger partial charge in [-0.05, 0) is 47.5 Å². The Balaban J connectivity index is 1.23. The Labute approximate surface area is 184 Å². The number of ether oxygens (including phenoxy) is 2. The van der Waals surface area contributed by atoms with Crippen molar-refractivity contribution in [3.05, 3.63) is 64.6 Å². The molecule has 160 valence electrons. The molecule has 8 heteroatoms. The molecule has 0 bridgehead atoms. The number of amides is 3. The van der Waals surface area contributed by atoms with Crippen LogP contribution in [0, 0.1) is 0 Å². The standard InChI is InChI=1S/C23H22N2O5S/c26-21(9-7-17-6-8-18-19(14-17)30-13-12-29-18)24-10-11-25-22(27)20(31-23(25)28)15-16-4-2-1-3-5-16/h1-6,8,14-15H,7,9-13H2,(H,24,26). The molecule has 2 aromatic rings. The molecule has 0 saturated carbocycles. The maximum absolute atomic E-state index is 12.5. The van der Waals surface area contributed by atoms with E-state index >= 15 is 0 Å². The summed E-state index contributed by atoms with van der Waals surface area (Å²) in [6, 6.07) is 15.0. The molecule has 1 N–H and O–H groups in total. The summed E-state index contributed by atoms with van der Waals surface area (Å²) in [5, 5.41) is 2.46. The Kier molecular flexibility index (Phi) is 6.57. The fourth-order valence-corrected chi connectivity index (χ4v) is 4.16. The van der Waals surface area contributed by atoms with E-state index in [0.29, 0.717) is 36.7 Å². The molecule has 2 aromatic carbocycles. The van der Waals surface area contributed by atoms with Crippen LogP contribution in [0.4, 0.5) is 4.79 Å². The molecule has 0 spiro atoms. The van der Waals surface area contributed by atoms with Gasteiger partial charge in [0, 0.05) is 19.5 Å². The molecular formula is C23H22N2O5S. The average Bonchev–Trinajstić information content (AvgIpc) is 3.05. The van der Waals surface area contributed by atoms with E-state index in [0.717, 1.165) is 28.6 Å². The first-order valence-electron chi connectivity index (χ1n) is 10.1. The number of nitrogens with one attached hydrogen (secondary N) is 1. The van der Waals surface area contributed by atoms with Gasteiger partial charge in [-0.1, -0.05) is 36.4 Å². The molecule has 7 nitrogen and oxygen atoms in total. The monoisotopic (exact) mass is 438 g/mol. The van der Waals surface area contributed by atoms with E-state index in [4.69, 9.17) is 9.47 Å². The first-order chi connectivity index (χ1) is 15.1. The van der Waals surface area contributed by atoms with Gasteiger partial charge in [-0.15, -0.1) is 0 Å². The summed E-state index contributed by atoms with van der Waals surface area (Å²) in [6.07, 6.45) is 2.57. The average molecular weight is 439 g/mol. The van der Waals surface area contributed by atoms with Gasteiger partial charge in [-0.2, -0.15) is 0 Å². The van der Waals surface area contributed by atoms with Crippen LogP contribution in [0.1, 0.15) is 17.5 Å². The maximum Gasteiger partial charge on any atom is 0.293 e. The van der Waals surface area contributed by atoms with E-state index in [1.54, 1.807) is 6.08 Å². The van der Waals surface area contributed by atoms with Crippen molar-refractivity contribution in [3.63, 3.8) is 0 Å². The highest BCUT2D eigenvalue weighted by Gasteiger charge is 2.34. The molecule has 2 aliphatic rings. The number of aryl methyl sites for hydroxylation is 1. The van der Waals surface area contributed by atoms with Crippen LogP contribution in [0.15, 0.2) is 53.4 Å². The second kappa shape index (κ2) is 9.70. The van der Waals surface area contributed by atoms with Gasteiger partial charge in [0.2, 0.25) is 5.91 Å². The summed E-state index contributed by atoms with van der Waals surface area (Å²) >= 11 is 0.918. The van der Waals surface area contributed by atoms with Crippen molar-refractivity contribution < 1.29 is 23.9 Å². The third-order valence-corrected chi connectivity index (χ3v) is 5.78. The molecule has 31 heavy (non-hydrogen) atoms. The first kappa shape index (κ1) is 21.0. The summed E-state index contributed by atoms with van der Waals surface area (Å²) in [6.45, 7) is 1.42. The number of rotatable bonds is 7. The van der Waals surface area contributed by atoms with E-state index < -0.39 is 0 Å². The minimum Gasteiger partial charge on any atom is -0.486 e. The fourth-order valence-electron chi connectivity index (χ4n) is 3.29. The molecule has 0 aliphatic carbocycles. The molecule has 4 rings (SSSR count). The summed E-state index contributed by atoms with van der Waals surface area (Å²) in [5.74, 6) is 0.955. The van der Waals surface area contributed by atoms with Crippen LogP contribution in [0.2, 0.25) is 0 Å². The Hall–Kier alpha value is -3.26. The van der Waals surface area contributed by atoms with Crippen LogP contribution in [0.25, 0.3) is 6.08 Å². The largest absolute Gasteiger partial charge is 0.486 e. The zero-order valence-electron chi connectivity index (χ0n) is 16.8. The summed E-state index contributed by atoms with van der Waals surface area (Å²) < 4.78 is 11.1. The van der Waals surface area contributed by atoms with E-state index in [1.807, 2.05) is 48.5 Å². The number of carbonyl (C=O) groups excluding carboxylic acids is 3. The smallest absolute Gasteiger partial charge is 0.293 e. The zero-order valence-corrected chi connectivity index (χ0v) is 17.7. The molecular weight excluding hydrogens is 416 g/mol. The lowest BCUT2D eigenvalue weighted by Gasteiger charge is -2.18. The van der Waals surface area contributed by atoms with Crippen molar-refractivity contribution in [2.24, 2.45) is 0 Å². The second-order valence-electron chi connectivity index (χ2n) is 7.07.